The molecule has 0 saturated carbocycles. The molecule has 3 aromatic rings. The molecular weight excluding hydrogens is 455 g/mol. The molecule has 0 atom stereocenters. The minimum absolute atomic E-state index is 0.0417. The Balaban J connectivity index is 1.57. The summed E-state index contributed by atoms with van der Waals surface area (Å²) in [6, 6.07) is 7.83. The second kappa shape index (κ2) is 10.7. The third kappa shape index (κ3) is 6.75. The number of halogens is 3. The Bertz CT molecular complexity index is 1190. The minimum Gasteiger partial charge on any atom is -0.358 e. The van der Waals surface area contributed by atoms with E-state index in [1.54, 1.807) is 24.4 Å². The SMILES string of the molecule is CNC(=O)CNCCNC(=O)Cn1cc2cc(NC(=O)c3cccc(C(F)(F)F)n3)ccc2n1. The Hall–Kier alpha value is -4.00. The number of nitrogens with zero attached hydrogens (tertiary/aromatic N) is 3. The van der Waals surface area contributed by atoms with Crippen molar-refractivity contribution in [2.75, 3.05) is 32.0 Å². The van der Waals surface area contributed by atoms with Crippen LogP contribution in [-0.4, -0.2) is 59.2 Å². The molecule has 1 aromatic carbocycles. The largest absolute Gasteiger partial charge is 0.433 e. The third-order valence-corrected chi connectivity index (χ3v) is 4.58. The van der Waals surface area contributed by atoms with Crippen molar-refractivity contribution in [3.63, 3.8) is 0 Å². The van der Waals surface area contributed by atoms with E-state index >= 15 is 0 Å². The summed E-state index contributed by atoms with van der Waals surface area (Å²) in [7, 11) is 1.53. The average Bonchev–Trinajstić information content (AvgIpc) is 3.19. The number of nitrogens with one attached hydrogen (secondary N) is 4. The van der Waals surface area contributed by atoms with E-state index < -0.39 is 17.8 Å². The first-order valence-electron chi connectivity index (χ1n) is 10.2. The molecule has 0 aliphatic rings. The van der Waals surface area contributed by atoms with Crippen molar-refractivity contribution in [2.45, 2.75) is 12.7 Å². The van der Waals surface area contributed by atoms with Crippen LogP contribution in [0, 0.1) is 0 Å². The van der Waals surface area contributed by atoms with E-state index in [1.165, 1.54) is 17.8 Å². The molecular formula is C21H22F3N7O3. The molecule has 0 aliphatic heterocycles. The molecule has 0 spiro atoms. The number of hydrogen-bond donors (Lipinski definition) is 4. The first-order valence-corrected chi connectivity index (χ1v) is 10.2. The van der Waals surface area contributed by atoms with Gasteiger partial charge in [-0.25, -0.2) is 4.98 Å². The molecule has 0 saturated heterocycles. The van der Waals surface area contributed by atoms with E-state index in [9.17, 15) is 27.6 Å². The highest BCUT2D eigenvalue weighted by Gasteiger charge is 2.32. The van der Waals surface area contributed by atoms with Crippen LogP contribution in [0.15, 0.2) is 42.6 Å². The normalized spacial score (nSPS) is 11.3. The van der Waals surface area contributed by atoms with Crippen molar-refractivity contribution in [3.8, 4) is 0 Å². The first kappa shape index (κ1) is 24.6. The summed E-state index contributed by atoms with van der Waals surface area (Å²) in [6.07, 6.45) is -3.05. The molecule has 0 fully saturated rings. The summed E-state index contributed by atoms with van der Waals surface area (Å²) in [6.45, 7) is 0.861. The summed E-state index contributed by atoms with van der Waals surface area (Å²) in [4.78, 5) is 38.9. The maximum absolute atomic E-state index is 12.8. The Morgan fingerprint density at radius 1 is 1.06 bits per heavy atom. The highest BCUT2D eigenvalue weighted by atomic mass is 19.4. The van der Waals surface area contributed by atoms with Crippen LogP contribution in [0.1, 0.15) is 16.2 Å². The van der Waals surface area contributed by atoms with Gasteiger partial charge in [0.05, 0.1) is 12.1 Å². The van der Waals surface area contributed by atoms with Gasteiger partial charge in [-0.2, -0.15) is 18.3 Å². The molecule has 2 aromatic heterocycles. The zero-order valence-corrected chi connectivity index (χ0v) is 18.1. The lowest BCUT2D eigenvalue weighted by molar-refractivity contribution is -0.141. The van der Waals surface area contributed by atoms with Crippen LogP contribution in [0.5, 0.6) is 0 Å². The molecule has 180 valence electrons. The van der Waals surface area contributed by atoms with Gasteiger partial charge < -0.3 is 21.3 Å². The molecule has 0 radical (unpaired) electrons. The van der Waals surface area contributed by atoms with Gasteiger partial charge in [0.1, 0.15) is 17.9 Å². The third-order valence-electron chi connectivity index (χ3n) is 4.58. The number of pyridine rings is 1. The summed E-state index contributed by atoms with van der Waals surface area (Å²) in [5, 5.41) is 15.5. The lowest BCUT2D eigenvalue weighted by Gasteiger charge is -2.08. The molecule has 3 rings (SSSR count). The van der Waals surface area contributed by atoms with Gasteiger partial charge in [-0.3, -0.25) is 19.1 Å². The van der Waals surface area contributed by atoms with Crippen LogP contribution in [-0.2, 0) is 22.3 Å². The maximum atomic E-state index is 12.8. The van der Waals surface area contributed by atoms with Crippen molar-refractivity contribution in [1.29, 1.82) is 0 Å². The zero-order valence-electron chi connectivity index (χ0n) is 18.1. The van der Waals surface area contributed by atoms with Gasteiger partial charge in [-0.15, -0.1) is 0 Å². The number of aromatic nitrogens is 3. The fraction of sp³-hybridized carbons (Fsp3) is 0.286. The summed E-state index contributed by atoms with van der Waals surface area (Å²) in [5.41, 5.74) is -0.623. The molecule has 2 heterocycles. The monoisotopic (exact) mass is 477 g/mol. The number of rotatable bonds is 9. The van der Waals surface area contributed by atoms with Crippen molar-refractivity contribution < 1.29 is 27.6 Å². The number of likely N-dealkylation sites (N-methyl/N-ethyl adjacent to an activating group) is 1. The highest BCUT2D eigenvalue weighted by Crippen LogP contribution is 2.27. The Labute approximate surface area is 191 Å². The van der Waals surface area contributed by atoms with E-state index in [2.05, 4.69) is 31.3 Å². The second-order valence-electron chi connectivity index (χ2n) is 7.16. The van der Waals surface area contributed by atoms with Crippen LogP contribution >= 0.6 is 0 Å². The molecule has 13 heteroatoms. The summed E-state index contributed by atoms with van der Waals surface area (Å²) in [5.74, 6) is -1.22. The smallest absolute Gasteiger partial charge is 0.358 e. The second-order valence-corrected chi connectivity index (χ2v) is 7.16. The van der Waals surface area contributed by atoms with Gasteiger partial charge in [0.2, 0.25) is 11.8 Å². The van der Waals surface area contributed by atoms with Crippen LogP contribution < -0.4 is 21.3 Å². The van der Waals surface area contributed by atoms with E-state index in [1.807, 2.05) is 0 Å². The van der Waals surface area contributed by atoms with Crippen LogP contribution in [0.4, 0.5) is 18.9 Å². The number of fused-ring (bicyclic) bond motifs is 1. The predicted octanol–water partition coefficient (Wildman–Crippen LogP) is 1.15. The number of hydrogen-bond acceptors (Lipinski definition) is 6. The highest BCUT2D eigenvalue weighted by molar-refractivity contribution is 6.03. The van der Waals surface area contributed by atoms with Crippen LogP contribution in [0.3, 0.4) is 0 Å². The number of carbonyl (C=O) groups excluding carboxylic acids is 3. The van der Waals surface area contributed by atoms with Gasteiger partial charge in [0.15, 0.2) is 0 Å². The number of carbonyl (C=O) groups is 3. The van der Waals surface area contributed by atoms with Crippen LogP contribution in [0.2, 0.25) is 0 Å². The van der Waals surface area contributed by atoms with E-state index in [0.29, 0.717) is 29.7 Å². The minimum atomic E-state index is -4.65. The van der Waals surface area contributed by atoms with Gasteiger partial charge in [-0.1, -0.05) is 6.07 Å². The lowest BCUT2D eigenvalue weighted by atomic mass is 10.2. The van der Waals surface area contributed by atoms with E-state index in [4.69, 9.17) is 0 Å². The maximum Gasteiger partial charge on any atom is 0.433 e. The van der Waals surface area contributed by atoms with Gasteiger partial charge in [0.25, 0.3) is 5.91 Å². The van der Waals surface area contributed by atoms with E-state index in [0.717, 1.165) is 12.1 Å². The predicted molar refractivity (Wildman–Crippen MR) is 117 cm³/mol. The fourth-order valence-corrected chi connectivity index (χ4v) is 2.93. The van der Waals surface area contributed by atoms with Crippen molar-refractivity contribution >= 4 is 34.3 Å². The molecule has 0 aliphatic carbocycles. The fourth-order valence-electron chi connectivity index (χ4n) is 2.93. The average molecular weight is 477 g/mol. The zero-order chi connectivity index (χ0) is 24.7. The first-order chi connectivity index (χ1) is 16.2. The standard InChI is InChI=1S/C21H22F3N7O3/c1-25-18(32)10-26-7-8-27-19(33)12-31-11-13-9-14(5-6-15(13)30-31)28-20(34)16-3-2-4-17(29-16)21(22,23)24/h2-6,9,11,26H,7-8,10,12H2,1H3,(H,25,32)(H,27,33)(H,28,34). The summed E-state index contributed by atoms with van der Waals surface area (Å²) >= 11 is 0. The van der Waals surface area contributed by atoms with Crippen molar-refractivity contribution in [3.05, 3.63) is 54.0 Å². The van der Waals surface area contributed by atoms with Gasteiger partial charge in [-0.05, 0) is 30.3 Å². The number of benzene rings is 1. The van der Waals surface area contributed by atoms with Crippen molar-refractivity contribution in [2.24, 2.45) is 0 Å². The molecule has 4 N–H and O–H groups in total. The number of alkyl halides is 3. The topological polar surface area (TPSA) is 130 Å². The van der Waals surface area contributed by atoms with Crippen molar-refractivity contribution in [1.82, 2.24) is 30.7 Å². The van der Waals surface area contributed by atoms with Crippen LogP contribution in [0.25, 0.3) is 10.9 Å². The molecule has 10 nitrogen and oxygen atoms in total. The Kier molecular flexibility index (Phi) is 7.79. The molecule has 0 bridgehead atoms. The Morgan fingerprint density at radius 3 is 2.59 bits per heavy atom. The molecule has 34 heavy (non-hydrogen) atoms. The van der Waals surface area contributed by atoms with Gasteiger partial charge in [0, 0.05) is 37.4 Å². The molecule has 0 unspecified atom stereocenters. The number of amides is 3. The quantitative estimate of drug-likeness (QED) is 0.342. The molecule has 3 amide bonds. The lowest BCUT2D eigenvalue weighted by Crippen LogP contribution is -2.37. The van der Waals surface area contributed by atoms with Gasteiger partial charge >= 0.3 is 6.18 Å². The Morgan fingerprint density at radius 2 is 1.85 bits per heavy atom. The summed E-state index contributed by atoms with van der Waals surface area (Å²) < 4.78 is 39.9. The van der Waals surface area contributed by atoms with E-state index in [-0.39, 0.29) is 30.6 Å². The number of anilines is 1.